The van der Waals surface area contributed by atoms with Gasteiger partial charge in [0.15, 0.2) is 5.75 Å². The number of carbonyl (C=O) groups excluding carboxylic acids is 1. The monoisotopic (exact) mass is 302 g/mol. The number of rotatable bonds is 4. The van der Waals surface area contributed by atoms with E-state index in [0.717, 1.165) is 17.7 Å². The Bertz CT molecular complexity index is 542. The zero-order chi connectivity index (χ0) is 15.8. The van der Waals surface area contributed by atoms with Gasteiger partial charge in [0.05, 0.1) is 11.3 Å². The van der Waals surface area contributed by atoms with E-state index in [9.17, 15) is 23.1 Å². The number of nitrogens with two attached hydrogens (primary N) is 1. The van der Waals surface area contributed by atoms with Gasteiger partial charge in [-0.2, -0.15) is 13.2 Å². The number of halogens is 3. The van der Waals surface area contributed by atoms with Gasteiger partial charge in [-0.1, -0.05) is 6.07 Å². The first-order valence-electron chi connectivity index (χ1n) is 6.66. The Morgan fingerprint density at radius 1 is 1.48 bits per heavy atom. The predicted octanol–water partition coefficient (Wildman–Crippen LogP) is 2.78. The van der Waals surface area contributed by atoms with Crippen molar-refractivity contribution < 1.29 is 23.1 Å². The molecule has 1 unspecified atom stereocenters. The number of para-hydroxylation sites is 1. The maximum atomic E-state index is 12.7. The molecule has 0 spiro atoms. The number of amides is 1. The summed E-state index contributed by atoms with van der Waals surface area (Å²) in [6.07, 6.45) is -2.87. The Morgan fingerprint density at radius 3 is 2.62 bits per heavy atom. The second kappa shape index (κ2) is 5.46. The first-order chi connectivity index (χ1) is 9.70. The summed E-state index contributed by atoms with van der Waals surface area (Å²) < 4.78 is 38.2. The van der Waals surface area contributed by atoms with Crippen LogP contribution in [-0.2, 0) is 0 Å². The fraction of sp³-hybridized carbons (Fsp3) is 0.500. The zero-order valence-electron chi connectivity index (χ0n) is 11.5. The van der Waals surface area contributed by atoms with Gasteiger partial charge in [-0.25, -0.2) is 0 Å². The molecule has 4 nitrogen and oxygen atoms in total. The third kappa shape index (κ3) is 3.59. The molecule has 1 aromatic rings. The third-order valence-electron chi connectivity index (χ3n) is 3.70. The van der Waals surface area contributed by atoms with E-state index < -0.39 is 30.4 Å². The number of phenols is 1. The topological polar surface area (TPSA) is 66.6 Å². The van der Waals surface area contributed by atoms with Gasteiger partial charge in [0, 0.05) is 6.04 Å². The van der Waals surface area contributed by atoms with E-state index in [1.165, 1.54) is 18.2 Å². The molecule has 0 saturated heterocycles. The molecular weight excluding hydrogens is 285 g/mol. The summed E-state index contributed by atoms with van der Waals surface area (Å²) in [4.78, 5) is 13.1. The number of anilines is 1. The van der Waals surface area contributed by atoms with E-state index in [2.05, 4.69) is 0 Å². The SMILES string of the molecule is CC(C1CC1)N(CC(F)(F)F)C(=O)c1cccc(N)c1O. The number of phenolic OH excluding ortho intramolecular Hbond substituents is 1. The minimum atomic E-state index is -4.49. The minimum absolute atomic E-state index is 0.0353. The van der Waals surface area contributed by atoms with Gasteiger partial charge in [-0.05, 0) is 37.8 Å². The number of benzene rings is 1. The number of hydrogen-bond donors (Lipinski definition) is 2. The maximum Gasteiger partial charge on any atom is 0.406 e. The lowest BCUT2D eigenvalue weighted by atomic mass is 10.1. The second-order valence-electron chi connectivity index (χ2n) is 5.37. The molecule has 1 atom stereocenters. The number of nitrogen functional groups attached to an aromatic ring is 1. The minimum Gasteiger partial charge on any atom is -0.505 e. The van der Waals surface area contributed by atoms with Crippen LogP contribution in [-0.4, -0.2) is 34.7 Å². The molecule has 1 aliphatic carbocycles. The van der Waals surface area contributed by atoms with Crippen LogP contribution in [0.5, 0.6) is 5.75 Å². The summed E-state index contributed by atoms with van der Waals surface area (Å²) in [6, 6.07) is 3.55. The van der Waals surface area contributed by atoms with E-state index in [4.69, 9.17) is 5.73 Å². The van der Waals surface area contributed by atoms with Crippen molar-refractivity contribution in [3.05, 3.63) is 23.8 Å². The summed E-state index contributed by atoms with van der Waals surface area (Å²) in [6.45, 7) is 0.266. The van der Waals surface area contributed by atoms with Crippen LogP contribution >= 0.6 is 0 Å². The fourth-order valence-electron chi connectivity index (χ4n) is 2.32. The number of aromatic hydroxyl groups is 1. The van der Waals surface area contributed by atoms with Crippen LogP contribution in [0.2, 0.25) is 0 Å². The Hall–Kier alpha value is -1.92. The van der Waals surface area contributed by atoms with Crippen molar-refractivity contribution in [1.29, 1.82) is 0 Å². The van der Waals surface area contributed by atoms with Crippen LogP contribution in [0.15, 0.2) is 18.2 Å². The summed E-state index contributed by atoms with van der Waals surface area (Å²) in [5.74, 6) is -1.24. The molecule has 0 aromatic heterocycles. The zero-order valence-corrected chi connectivity index (χ0v) is 11.5. The van der Waals surface area contributed by atoms with Gasteiger partial charge in [0.2, 0.25) is 0 Å². The molecule has 1 amide bonds. The number of alkyl halides is 3. The Kier molecular flexibility index (Phi) is 4.02. The molecule has 0 radical (unpaired) electrons. The molecule has 116 valence electrons. The van der Waals surface area contributed by atoms with Crippen LogP contribution in [0.1, 0.15) is 30.1 Å². The van der Waals surface area contributed by atoms with Crippen molar-refractivity contribution in [2.45, 2.75) is 32.0 Å². The Balaban J connectivity index is 2.30. The summed E-state index contributed by atoms with van der Waals surface area (Å²) in [5, 5.41) is 9.80. The van der Waals surface area contributed by atoms with E-state index in [-0.39, 0.29) is 17.2 Å². The normalized spacial score (nSPS) is 16.6. The van der Waals surface area contributed by atoms with Crippen LogP contribution in [0.3, 0.4) is 0 Å². The quantitative estimate of drug-likeness (QED) is 0.664. The summed E-state index contributed by atoms with van der Waals surface area (Å²) in [5.41, 5.74) is 5.25. The van der Waals surface area contributed by atoms with E-state index in [0.29, 0.717) is 0 Å². The summed E-state index contributed by atoms with van der Waals surface area (Å²) >= 11 is 0. The molecule has 21 heavy (non-hydrogen) atoms. The van der Waals surface area contributed by atoms with E-state index in [1.54, 1.807) is 6.92 Å². The van der Waals surface area contributed by atoms with Crippen molar-refractivity contribution in [2.75, 3.05) is 12.3 Å². The van der Waals surface area contributed by atoms with Crippen LogP contribution in [0.25, 0.3) is 0 Å². The molecule has 1 saturated carbocycles. The number of nitrogens with zero attached hydrogens (tertiary/aromatic N) is 1. The van der Waals surface area contributed by atoms with Crippen LogP contribution in [0.4, 0.5) is 18.9 Å². The van der Waals surface area contributed by atoms with E-state index >= 15 is 0 Å². The second-order valence-corrected chi connectivity index (χ2v) is 5.37. The van der Waals surface area contributed by atoms with Crippen molar-refractivity contribution in [1.82, 2.24) is 4.90 Å². The smallest absolute Gasteiger partial charge is 0.406 e. The van der Waals surface area contributed by atoms with Gasteiger partial charge in [-0.3, -0.25) is 4.79 Å². The van der Waals surface area contributed by atoms with Crippen LogP contribution in [0, 0.1) is 5.92 Å². The molecular formula is C14H17F3N2O2. The Labute approximate surface area is 120 Å². The predicted molar refractivity (Wildman–Crippen MR) is 71.8 cm³/mol. The molecule has 7 heteroatoms. The number of carbonyl (C=O) groups is 1. The van der Waals surface area contributed by atoms with Crippen LogP contribution < -0.4 is 5.73 Å². The van der Waals surface area contributed by atoms with Gasteiger partial charge in [0.1, 0.15) is 6.54 Å². The first-order valence-corrected chi connectivity index (χ1v) is 6.66. The average Bonchev–Trinajstić information content (AvgIpc) is 3.21. The van der Waals surface area contributed by atoms with Gasteiger partial charge >= 0.3 is 6.18 Å². The molecule has 1 aliphatic rings. The van der Waals surface area contributed by atoms with Gasteiger partial charge in [-0.15, -0.1) is 0 Å². The fourth-order valence-corrected chi connectivity index (χ4v) is 2.32. The lowest BCUT2D eigenvalue weighted by molar-refractivity contribution is -0.144. The highest BCUT2D eigenvalue weighted by atomic mass is 19.4. The lowest BCUT2D eigenvalue weighted by Crippen LogP contribution is -2.45. The average molecular weight is 302 g/mol. The molecule has 1 aromatic carbocycles. The van der Waals surface area contributed by atoms with Gasteiger partial charge in [0.25, 0.3) is 5.91 Å². The Morgan fingerprint density at radius 2 is 2.10 bits per heavy atom. The molecule has 1 fully saturated rings. The van der Waals surface area contributed by atoms with Crippen molar-refractivity contribution >= 4 is 11.6 Å². The molecule has 0 bridgehead atoms. The lowest BCUT2D eigenvalue weighted by Gasteiger charge is -2.30. The van der Waals surface area contributed by atoms with Crippen molar-refractivity contribution in [3.8, 4) is 5.75 Å². The maximum absolute atomic E-state index is 12.7. The molecule has 0 heterocycles. The number of hydrogen-bond acceptors (Lipinski definition) is 3. The molecule has 0 aliphatic heterocycles. The first kappa shape index (κ1) is 15.5. The standard InChI is InChI=1S/C14H17F3N2O2/c1-8(9-5-6-9)19(7-14(15,16)17)13(21)10-3-2-4-11(18)12(10)20/h2-4,8-9,20H,5-7,18H2,1H3. The molecule has 2 rings (SSSR count). The van der Waals surface area contributed by atoms with Gasteiger partial charge < -0.3 is 15.7 Å². The van der Waals surface area contributed by atoms with E-state index in [1.807, 2.05) is 0 Å². The highest BCUT2D eigenvalue weighted by molar-refractivity contribution is 5.98. The van der Waals surface area contributed by atoms with Crippen molar-refractivity contribution in [3.63, 3.8) is 0 Å². The third-order valence-corrected chi connectivity index (χ3v) is 3.70. The highest BCUT2D eigenvalue weighted by Gasteiger charge is 2.41. The highest BCUT2D eigenvalue weighted by Crippen LogP contribution is 2.37. The molecule has 3 N–H and O–H groups in total. The van der Waals surface area contributed by atoms with Crippen molar-refractivity contribution in [2.24, 2.45) is 5.92 Å². The largest absolute Gasteiger partial charge is 0.505 e. The summed E-state index contributed by atoms with van der Waals surface area (Å²) in [7, 11) is 0.